The first kappa shape index (κ1) is 12.3. The molecule has 0 aliphatic carbocycles. The van der Waals surface area contributed by atoms with Crippen LogP contribution in [0.5, 0.6) is 0 Å². The molecule has 1 unspecified atom stereocenters. The molecule has 0 saturated carbocycles. The smallest absolute Gasteiger partial charge is 0.0715 e. The van der Waals surface area contributed by atoms with Gasteiger partial charge >= 0.3 is 0 Å². The van der Waals surface area contributed by atoms with Gasteiger partial charge in [0.05, 0.1) is 5.60 Å². The van der Waals surface area contributed by atoms with Crippen LogP contribution < -0.4 is 5.32 Å². The Morgan fingerprint density at radius 3 is 2.64 bits per heavy atom. The Morgan fingerprint density at radius 1 is 1.50 bits per heavy atom. The Bertz CT molecular complexity index is 186. The maximum Gasteiger partial charge on any atom is 0.0715 e. The van der Waals surface area contributed by atoms with Crippen molar-refractivity contribution < 1.29 is 5.11 Å². The van der Waals surface area contributed by atoms with Gasteiger partial charge in [0.2, 0.25) is 0 Å². The van der Waals surface area contributed by atoms with Crippen molar-refractivity contribution in [3.63, 3.8) is 0 Å². The maximum absolute atomic E-state index is 9.61. The first-order valence-corrected chi connectivity index (χ1v) is 6.48. The molecule has 1 heterocycles. The number of thioether (sulfide) groups is 1. The number of hydrogen-bond acceptors (Lipinski definition) is 3. The van der Waals surface area contributed by atoms with Crippen LogP contribution in [-0.4, -0.2) is 34.8 Å². The molecule has 1 aliphatic rings. The van der Waals surface area contributed by atoms with Gasteiger partial charge < -0.3 is 10.4 Å². The monoisotopic (exact) mass is 217 g/mol. The van der Waals surface area contributed by atoms with Crippen LogP contribution in [0.15, 0.2) is 0 Å². The van der Waals surface area contributed by atoms with Crippen molar-refractivity contribution in [2.45, 2.75) is 45.8 Å². The Labute approximate surface area is 91.9 Å². The lowest BCUT2D eigenvalue weighted by molar-refractivity contribution is 0.0751. The molecule has 0 amide bonds. The van der Waals surface area contributed by atoms with Crippen molar-refractivity contribution in [3.8, 4) is 0 Å². The Kier molecular flexibility index (Phi) is 3.89. The van der Waals surface area contributed by atoms with Gasteiger partial charge in [-0.05, 0) is 31.4 Å². The molecule has 2 nitrogen and oxygen atoms in total. The molecular formula is C11H23NOS. The van der Waals surface area contributed by atoms with E-state index in [1.807, 2.05) is 25.6 Å². The van der Waals surface area contributed by atoms with Crippen LogP contribution in [0.4, 0.5) is 0 Å². The average molecular weight is 217 g/mol. The first-order chi connectivity index (χ1) is 6.29. The molecule has 0 aromatic rings. The minimum atomic E-state index is -0.591. The predicted octanol–water partition coefficient (Wildman–Crippen LogP) is 1.88. The standard InChI is InChI=1S/C11H23NOS/c1-10(2)5-9(6-14-8-10)12-7-11(3,4)13/h9,12-13H,5-8H2,1-4H3. The molecule has 0 aromatic heterocycles. The van der Waals surface area contributed by atoms with Crippen molar-refractivity contribution in [1.82, 2.24) is 5.32 Å². The van der Waals surface area contributed by atoms with Gasteiger partial charge in [0, 0.05) is 18.3 Å². The second kappa shape index (κ2) is 4.42. The summed E-state index contributed by atoms with van der Waals surface area (Å²) in [6, 6.07) is 0.565. The van der Waals surface area contributed by atoms with Crippen LogP contribution in [0.1, 0.15) is 34.1 Å². The van der Waals surface area contributed by atoms with E-state index in [0.717, 1.165) is 0 Å². The summed E-state index contributed by atoms with van der Waals surface area (Å²) < 4.78 is 0. The quantitative estimate of drug-likeness (QED) is 0.757. The topological polar surface area (TPSA) is 32.3 Å². The highest BCUT2D eigenvalue weighted by Gasteiger charge is 2.28. The van der Waals surface area contributed by atoms with Crippen LogP contribution >= 0.6 is 11.8 Å². The van der Waals surface area contributed by atoms with E-state index in [9.17, 15) is 5.11 Å². The third-order valence-corrected chi connectivity index (χ3v) is 4.06. The van der Waals surface area contributed by atoms with Crippen LogP contribution in [0, 0.1) is 5.41 Å². The molecule has 84 valence electrons. The van der Waals surface area contributed by atoms with Crippen LogP contribution in [0.25, 0.3) is 0 Å². The Hall–Kier alpha value is 0.270. The average Bonchev–Trinajstić information content (AvgIpc) is 1.98. The molecule has 0 aromatic carbocycles. The predicted molar refractivity (Wildman–Crippen MR) is 63.8 cm³/mol. The summed E-state index contributed by atoms with van der Waals surface area (Å²) >= 11 is 2.02. The summed E-state index contributed by atoms with van der Waals surface area (Å²) in [5.74, 6) is 2.44. The fraction of sp³-hybridized carbons (Fsp3) is 1.00. The number of aliphatic hydroxyl groups is 1. The second-order valence-electron chi connectivity index (χ2n) is 5.77. The summed E-state index contributed by atoms with van der Waals surface area (Å²) in [7, 11) is 0. The molecule has 1 rings (SSSR count). The molecule has 0 spiro atoms. The zero-order valence-electron chi connectivity index (χ0n) is 9.76. The van der Waals surface area contributed by atoms with Gasteiger partial charge in [-0.1, -0.05) is 13.8 Å². The minimum absolute atomic E-state index is 0.445. The van der Waals surface area contributed by atoms with Gasteiger partial charge in [0.1, 0.15) is 0 Å². The molecular weight excluding hydrogens is 194 g/mol. The van der Waals surface area contributed by atoms with Gasteiger partial charge in [-0.15, -0.1) is 0 Å². The van der Waals surface area contributed by atoms with Gasteiger partial charge in [-0.2, -0.15) is 11.8 Å². The van der Waals surface area contributed by atoms with Gasteiger partial charge in [-0.3, -0.25) is 0 Å². The first-order valence-electron chi connectivity index (χ1n) is 5.32. The molecule has 0 radical (unpaired) electrons. The summed E-state index contributed by atoms with van der Waals surface area (Å²) in [6.07, 6.45) is 1.22. The van der Waals surface area contributed by atoms with Crippen molar-refractivity contribution >= 4 is 11.8 Å². The molecule has 1 saturated heterocycles. The van der Waals surface area contributed by atoms with Crippen molar-refractivity contribution in [2.75, 3.05) is 18.1 Å². The number of nitrogens with one attached hydrogen (secondary N) is 1. The molecule has 1 aliphatic heterocycles. The van der Waals surface area contributed by atoms with Crippen LogP contribution in [0.2, 0.25) is 0 Å². The summed E-state index contributed by atoms with van der Waals surface area (Å²) in [6.45, 7) is 9.02. The van der Waals surface area contributed by atoms with E-state index < -0.39 is 5.60 Å². The molecule has 0 bridgehead atoms. The lowest BCUT2D eigenvalue weighted by Crippen LogP contribution is -2.45. The zero-order valence-corrected chi connectivity index (χ0v) is 10.6. The molecule has 3 heteroatoms. The minimum Gasteiger partial charge on any atom is -0.389 e. The highest BCUT2D eigenvalue weighted by Crippen LogP contribution is 2.33. The lowest BCUT2D eigenvalue weighted by atomic mass is 9.87. The SMILES string of the molecule is CC(C)(O)CNC1CSCC(C)(C)C1. The summed E-state index contributed by atoms with van der Waals surface area (Å²) in [4.78, 5) is 0. The molecule has 1 fully saturated rings. The van der Waals surface area contributed by atoms with E-state index in [1.165, 1.54) is 17.9 Å². The lowest BCUT2D eigenvalue weighted by Gasteiger charge is -2.36. The third kappa shape index (κ3) is 4.67. The van der Waals surface area contributed by atoms with Crippen molar-refractivity contribution in [3.05, 3.63) is 0 Å². The van der Waals surface area contributed by atoms with E-state index in [2.05, 4.69) is 19.2 Å². The van der Waals surface area contributed by atoms with Crippen LogP contribution in [-0.2, 0) is 0 Å². The second-order valence-corrected chi connectivity index (χ2v) is 6.80. The maximum atomic E-state index is 9.61. The van der Waals surface area contributed by atoms with E-state index in [1.54, 1.807) is 0 Å². The Balaban J connectivity index is 2.32. The third-order valence-electron chi connectivity index (χ3n) is 2.43. The highest BCUT2D eigenvalue weighted by molar-refractivity contribution is 7.99. The largest absolute Gasteiger partial charge is 0.389 e. The van der Waals surface area contributed by atoms with E-state index in [0.29, 0.717) is 18.0 Å². The fourth-order valence-corrected chi connectivity index (χ4v) is 3.10. The van der Waals surface area contributed by atoms with E-state index >= 15 is 0 Å². The molecule has 14 heavy (non-hydrogen) atoms. The van der Waals surface area contributed by atoms with Gasteiger partial charge in [0.25, 0.3) is 0 Å². The van der Waals surface area contributed by atoms with Crippen LogP contribution in [0.3, 0.4) is 0 Å². The van der Waals surface area contributed by atoms with Crippen molar-refractivity contribution in [1.29, 1.82) is 0 Å². The zero-order chi connectivity index (χ0) is 10.8. The van der Waals surface area contributed by atoms with E-state index in [4.69, 9.17) is 0 Å². The van der Waals surface area contributed by atoms with Gasteiger partial charge in [-0.25, -0.2) is 0 Å². The van der Waals surface area contributed by atoms with Crippen molar-refractivity contribution in [2.24, 2.45) is 5.41 Å². The Morgan fingerprint density at radius 2 is 2.14 bits per heavy atom. The molecule has 2 N–H and O–H groups in total. The highest BCUT2D eigenvalue weighted by atomic mass is 32.2. The molecule has 1 atom stereocenters. The number of hydrogen-bond donors (Lipinski definition) is 2. The fourth-order valence-electron chi connectivity index (χ4n) is 1.79. The number of rotatable bonds is 3. The normalized spacial score (nSPS) is 27.6. The van der Waals surface area contributed by atoms with E-state index in [-0.39, 0.29) is 0 Å². The summed E-state index contributed by atoms with van der Waals surface area (Å²) in [5, 5.41) is 13.1. The summed E-state index contributed by atoms with van der Waals surface area (Å²) in [5.41, 5.74) is -0.146. The van der Waals surface area contributed by atoms with Gasteiger partial charge in [0.15, 0.2) is 0 Å².